The lowest BCUT2D eigenvalue weighted by molar-refractivity contribution is 0.107. The summed E-state index contributed by atoms with van der Waals surface area (Å²) in [5.41, 5.74) is 7.77. The van der Waals surface area contributed by atoms with Gasteiger partial charge in [-0.05, 0) is 56.1 Å². The SMILES string of the molecule is CC1CCC(C(C)C)C(N)(c2cncc(OC(C)C)c2)C1. The molecule has 1 aliphatic carbocycles. The molecule has 2 N–H and O–H groups in total. The van der Waals surface area contributed by atoms with Gasteiger partial charge in [-0.1, -0.05) is 27.2 Å². The Labute approximate surface area is 129 Å². The highest BCUT2D eigenvalue weighted by atomic mass is 16.5. The molecule has 3 unspecified atom stereocenters. The van der Waals surface area contributed by atoms with Crippen LogP contribution in [-0.2, 0) is 5.54 Å². The number of pyridine rings is 1. The van der Waals surface area contributed by atoms with E-state index in [4.69, 9.17) is 10.5 Å². The third kappa shape index (κ3) is 3.57. The summed E-state index contributed by atoms with van der Waals surface area (Å²) >= 11 is 0. The van der Waals surface area contributed by atoms with Crippen molar-refractivity contribution in [1.29, 1.82) is 0 Å². The topological polar surface area (TPSA) is 48.1 Å². The lowest BCUT2D eigenvalue weighted by atomic mass is 9.63. The molecular formula is C18H30N2O. The average molecular weight is 290 g/mol. The second-order valence-electron chi connectivity index (χ2n) is 7.35. The van der Waals surface area contributed by atoms with Crippen molar-refractivity contribution in [2.24, 2.45) is 23.5 Å². The number of aromatic nitrogens is 1. The lowest BCUT2D eigenvalue weighted by Gasteiger charge is -2.46. The largest absolute Gasteiger partial charge is 0.489 e. The number of ether oxygens (including phenoxy) is 1. The van der Waals surface area contributed by atoms with E-state index in [9.17, 15) is 0 Å². The summed E-state index contributed by atoms with van der Waals surface area (Å²) in [4.78, 5) is 4.37. The first-order valence-corrected chi connectivity index (χ1v) is 8.24. The summed E-state index contributed by atoms with van der Waals surface area (Å²) in [6.45, 7) is 10.9. The Bertz CT molecular complexity index is 472. The Morgan fingerprint density at radius 2 is 1.95 bits per heavy atom. The first-order chi connectivity index (χ1) is 9.83. The molecule has 1 aromatic heterocycles. The van der Waals surface area contributed by atoms with Crippen molar-refractivity contribution in [2.75, 3.05) is 0 Å². The Balaban J connectivity index is 2.35. The van der Waals surface area contributed by atoms with Crippen LogP contribution in [0.25, 0.3) is 0 Å². The second kappa shape index (κ2) is 6.35. The zero-order valence-corrected chi connectivity index (χ0v) is 14.1. The van der Waals surface area contributed by atoms with E-state index in [1.54, 1.807) is 6.20 Å². The molecule has 0 aromatic carbocycles. The van der Waals surface area contributed by atoms with Gasteiger partial charge in [0.25, 0.3) is 0 Å². The summed E-state index contributed by atoms with van der Waals surface area (Å²) < 4.78 is 5.80. The standard InChI is InChI=1S/C18H30N2O/c1-12(2)17-7-6-14(5)9-18(17,19)15-8-16(11-20-10-15)21-13(3)4/h8,10-14,17H,6-7,9,19H2,1-5H3. The fourth-order valence-corrected chi connectivity index (χ4v) is 3.82. The first-order valence-electron chi connectivity index (χ1n) is 8.24. The van der Waals surface area contributed by atoms with Crippen LogP contribution in [0, 0.1) is 17.8 Å². The van der Waals surface area contributed by atoms with Gasteiger partial charge in [0, 0.05) is 11.7 Å². The second-order valence-corrected chi connectivity index (χ2v) is 7.35. The molecule has 21 heavy (non-hydrogen) atoms. The molecule has 0 amide bonds. The van der Waals surface area contributed by atoms with Gasteiger partial charge in [-0.15, -0.1) is 0 Å². The minimum Gasteiger partial charge on any atom is -0.489 e. The fourth-order valence-electron chi connectivity index (χ4n) is 3.82. The molecule has 2 rings (SSSR count). The summed E-state index contributed by atoms with van der Waals surface area (Å²) in [6, 6.07) is 2.10. The molecule has 0 saturated heterocycles. The maximum Gasteiger partial charge on any atom is 0.138 e. The zero-order chi connectivity index (χ0) is 15.6. The molecular weight excluding hydrogens is 260 g/mol. The monoisotopic (exact) mass is 290 g/mol. The van der Waals surface area contributed by atoms with Gasteiger partial charge < -0.3 is 10.5 Å². The molecule has 0 aliphatic heterocycles. The smallest absolute Gasteiger partial charge is 0.138 e. The summed E-state index contributed by atoms with van der Waals surface area (Å²) in [7, 11) is 0. The third-order valence-electron chi connectivity index (χ3n) is 4.75. The van der Waals surface area contributed by atoms with E-state index < -0.39 is 0 Å². The summed E-state index contributed by atoms with van der Waals surface area (Å²) in [5, 5.41) is 0. The van der Waals surface area contributed by atoms with Crippen LogP contribution in [0.3, 0.4) is 0 Å². The van der Waals surface area contributed by atoms with Gasteiger partial charge in [-0.25, -0.2) is 0 Å². The van der Waals surface area contributed by atoms with Crippen molar-refractivity contribution in [3.63, 3.8) is 0 Å². The van der Waals surface area contributed by atoms with Crippen molar-refractivity contribution in [3.8, 4) is 5.75 Å². The Morgan fingerprint density at radius 1 is 1.24 bits per heavy atom. The molecule has 0 spiro atoms. The number of hydrogen-bond donors (Lipinski definition) is 1. The number of nitrogens with zero attached hydrogens (tertiary/aromatic N) is 1. The van der Waals surface area contributed by atoms with Crippen molar-refractivity contribution in [3.05, 3.63) is 24.0 Å². The highest BCUT2D eigenvalue weighted by molar-refractivity contribution is 5.31. The Morgan fingerprint density at radius 3 is 2.57 bits per heavy atom. The predicted molar refractivity (Wildman–Crippen MR) is 87.2 cm³/mol. The fraction of sp³-hybridized carbons (Fsp3) is 0.722. The molecule has 0 radical (unpaired) electrons. The van der Waals surface area contributed by atoms with Crippen LogP contribution < -0.4 is 10.5 Å². The molecule has 1 aromatic rings. The quantitative estimate of drug-likeness (QED) is 0.907. The van der Waals surface area contributed by atoms with E-state index in [1.165, 1.54) is 12.8 Å². The van der Waals surface area contributed by atoms with Gasteiger partial charge in [0.2, 0.25) is 0 Å². The molecule has 118 valence electrons. The number of rotatable bonds is 4. The van der Waals surface area contributed by atoms with Gasteiger partial charge in [-0.3, -0.25) is 4.98 Å². The van der Waals surface area contributed by atoms with Gasteiger partial charge in [0.05, 0.1) is 12.3 Å². The first kappa shape index (κ1) is 16.3. The van der Waals surface area contributed by atoms with Gasteiger partial charge in [0.1, 0.15) is 5.75 Å². The molecule has 0 bridgehead atoms. The van der Waals surface area contributed by atoms with Crippen LogP contribution >= 0.6 is 0 Å². The van der Waals surface area contributed by atoms with Crippen LogP contribution in [0.4, 0.5) is 0 Å². The van der Waals surface area contributed by atoms with Crippen LogP contribution in [0.2, 0.25) is 0 Å². The van der Waals surface area contributed by atoms with E-state index >= 15 is 0 Å². The molecule has 1 saturated carbocycles. The van der Waals surface area contributed by atoms with Gasteiger partial charge in [-0.2, -0.15) is 0 Å². The minimum absolute atomic E-state index is 0.155. The normalized spacial score (nSPS) is 29.9. The van der Waals surface area contributed by atoms with Crippen LogP contribution in [0.5, 0.6) is 5.75 Å². The van der Waals surface area contributed by atoms with E-state index in [-0.39, 0.29) is 11.6 Å². The van der Waals surface area contributed by atoms with Crippen LogP contribution in [-0.4, -0.2) is 11.1 Å². The molecule has 1 heterocycles. The molecule has 3 nitrogen and oxygen atoms in total. The number of hydrogen-bond acceptors (Lipinski definition) is 3. The minimum atomic E-state index is -0.283. The van der Waals surface area contributed by atoms with Crippen molar-refractivity contribution >= 4 is 0 Å². The maximum atomic E-state index is 6.92. The molecule has 1 fully saturated rings. The van der Waals surface area contributed by atoms with Gasteiger partial charge in [0.15, 0.2) is 0 Å². The molecule has 1 aliphatic rings. The van der Waals surface area contributed by atoms with Crippen LogP contribution in [0.15, 0.2) is 18.5 Å². The molecule has 3 heteroatoms. The van der Waals surface area contributed by atoms with Gasteiger partial charge >= 0.3 is 0 Å². The van der Waals surface area contributed by atoms with E-state index in [2.05, 4.69) is 31.8 Å². The Hall–Kier alpha value is -1.09. The van der Waals surface area contributed by atoms with E-state index in [0.717, 1.165) is 17.7 Å². The van der Waals surface area contributed by atoms with Crippen molar-refractivity contribution < 1.29 is 4.74 Å². The lowest BCUT2D eigenvalue weighted by Crippen LogP contribution is -2.50. The van der Waals surface area contributed by atoms with E-state index in [1.807, 2.05) is 20.0 Å². The zero-order valence-electron chi connectivity index (χ0n) is 14.1. The summed E-state index contributed by atoms with van der Waals surface area (Å²) in [6.07, 6.45) is 7.37. The summed E-state index contributed by atoms with van der Waals surface area (Å²) in [5.74, 6) is 2.58. The Kier molecular flexibility index (Phi) is 4.92. The highest BCUT2D eigenvalue weighted by Gasteiger charge is 2.42. The van der Waals surface area contributed by atoms with E-state index in [0.29, 0.717) is 17.8 Å². The highest BCUT2D eigenvalue weighted by Crippen LogP contribution is 2.45. The average Bonchev–Trinajstić information content (AvgIpc) is 2.37. The maximum absolute atomic E-state index is 6.92. The predicted octanol–water partition coefficient (Wildman–Crippen LogP) is 4.12. The number of nitrogens with two attached hydrogens (primary N) is 1. The van der Waals surface area contributed by atoms with Crippen LogP contribution in [0.1, 0.15) is 59.4 Å². The van der Waals surface area contributed by atoms with Crippen molar-refractivity contribution in [1.82, 2.24) is 4.98 Å². The van der Waals surface area contributed by atoms with Crippen molar-refractivity contribution in [2.45, 2.75) is 65.5 Å². The molecule has 3 atom stereocenters. The third-order valence-corrected chi connectivity index (χ3v) is 4.75.